The number of guanidine groups is 1. The lowest BCUT2D eigenvalue weighted by molar-refractivity contribution is -0.136. The van der Waals surface area contributed by atoms with E-state index >= 15 is 0 Å². The highest BCUT2D eigenvalue weighted by atomic mass is 16.2. The first-order chi connectivity index (χ1) is 32.7. The minimum absolute atomic E-state index is 0.0217. The van der Waals surface area contributed by atoms with Gasteiger partial charge in [-0.3, -0.25) is 48.8 Å². The van der Waals surface area contributed by atoms with Gasteiger partial charge in [0.2, 0.25) is 47.3 Å². The number of aliphatic imine (C=N–C) groups is 1. The molecule has 0 radical (unpaired) electrons. The number of nitrogen functional groups attached to an aromatic ring is 1. The Bertz CT molecular complexity index is 1920. The van der Waals surface area contributed by atoms with E-state index in [1.54, 1.807) is 38.1 Å². The molecule has 0 aromatic heterocycles. The number of nitrogens with two attached hydrogens (primary N) is 4. The summed E-state index contributed by atoms with van der Waals surface area (Å²) in [5.74, 6) is -5.60. The molecule has 0 heterocycles. The molecule has 0 aliphatic rings. The second-order valence-electron chi connectivity index (χ2n) is 19.4. The normalized spacial score (nSPS) is 14.2. The van der Waals surface area contributed by atoms with E-state index in [4.69, 9.17) is 28.3 Å². The molecule has 0 fully saturated rings. The fourth-order valence-corrected chi connectivity index (χ4v) is 7.27. The molecule has 1 aromatic rings. The number of hydrogen-bond acceptors (Lipinski definition) is 11. The SMILES string of the molecule is CC(=O)N[C@@H](CC(C)C)C(=O)N[C@@H](CC(C)C)C(=O)N[C@@H](CC(C)C)C(=O)N[C@@H](C)C(=O)N[C@@H](CCCN=C(N)N)C(=O)N[C@H](C(=O)N[C@@H](CCCCN)C(=O)NCc1ccc(C(=N)N)cc1)C(C)C. The molecule has 394 valence electrons. The summed E-state index contributed by atoms with van der Waals surface area (Å²) in [4.78, 5) is 112. The van der Waals surface area contributed by atoms with Crippen LogP contribution >= 0.6 is 0 Å². The van der Waals surface area contributed by atoms with Crippen LogP contribution in [0.1, 0.15) is 132 Å². The van der Waals surface area contributed by atoms with Crippen molar-refractivity contribution in [3.8, 4) is 0 Å². The van der Waals surface area contributed by atoms with Gasteiger partial charge in [0.1, 0.15) is 48.1 Å². The van der Waals surface area contributed by atoms with Gasteiger partial charge in [0, 0.05) is 25.6 Å². The average molecular weight is 985 g/mol. The molecule has 0 saturated heterocycles. The topological polar surface area (TPSA) is 373 Å². The Morgan fingerprint density at radius 2 is 0.986 bits per heavy atom. The Hall–Kier alpha value is -6.32. The van der Waals surface area contributed by atoms with Gasteiger partial charge in [-0.1, -0.05) is 79.7 Å². The van der Waals surface area contributed by atoms with Gasteiger partial charge < -0.3 is 65.5 Å². The van der Waals surface area contributed by atoms with Gasteiger partial charge in [0.15, 0.2) is 5.96 Å². The number of amides is 8. The Kier molecular flexibility index (Phi) is 28.0. The monoisotopic (exact) mass is 985 g/mol. The number of nitrogens with one attached hydrogen (secondary N) is 9. The fraction of sp³-hybridized carbons (Fsp3) is 0.667. The summed E-state index contributed by atoms with van der Waals surface area (Å²) in [6, 6.07) is -0.859. The summed E-state index contributed by atoms with van der Waals surface area (Å²) < 4.78 is 0. The minimum atomic E-state index is -1.24. The van der Waals surface area contributed by atoms with E-state index in [2.05, 4.69) is 47.5 Å². The van der Waals surface area contributed by atoms with Crippen molar-refractivity contribution in [2.75, 3.05) is 13.1 Å². The molecule has 8 amide bonds. The lowest BCUT2D eigenvalue weighted by Crippen LogP contribution is -2.60. The molecule has 22 nitrogen and oxygen atoms in total. The number of hydrogen-bond donors (Lipinski definition) is 13. The third-order valence-electron chi connectivity index (χ3n) is 11.0. The molecule has 0 saturated carbocycles. The molecule has 1 aromatic carbocycles. The first-order valence-electron chi connectivity index (χ1n) is 24.3. The van der Waals surface area contributed by atoms with Crippen LogP contribution in [-0.2, 0) is 44.9 Å². The molecule has 70 heavy (non-hydrogen) atoms. The van der Waals surface area contributed by atoms with Crippen molar-refractivity contribution < 1.29 is 38.4 Å². The van der Waals surface area contributed by atoms with Crippen molar-refractivity contribution in [3.63, 3.8) is 0 Å². The number of carbonyl (C=O) groups is 8. The van der Waals surface area contributed by atoms with Crippen LogP contribution < -0.4 is 65.5 Å². The first kappa shape index (κ1) is 61.7. The lowest BCUT2D eigenvalue weighted by atomic mass is 9.98. The van der Waals surface area contributed by atoms with Crippen molar-refractivity contribution in [2.45, 2.75) is 169 Å². The first-order valence-corrected chi connectivity index (χ1v) is 24.3. The van der Waals surface area contributed by atoms with Crippen LogP contribution in [0.3, 0.4) is 0 Å². The molecule has 22 heteroatoms. The second-order valence-corrected chi connectivity index (χ2v) is 19.4. The van der Waals surface area contributed by atoms with Crippen LogP contribution in [0.2, 0.25) is 0 Å². The Morgan fingerprint density at radius 1 is 0.543 bits per heavy atom. The van der Waals surface area contributed by atoms with E-state index in [0.717, 1.165) is 5.56 Å². The summed E-state index contributed by atoms with van der Waals surface area (Å²) in [6.45, 7) is 18.0. The van der Waals surface area contributed by atoms with E-state index in [1.807, 2.05) is 41.5 Å². The molecule has 0 spiro atoms. The Labute approximate surface area is 413 Å². The maximum atomic E-state index is 14.1. The summed E-state index contributed by atoms with van der Waals surface area (Å²) in [5.41, 5.74) is 23.6. The van der Waals surface area contributed by atoms with Gasteiger partial charge in [-0.25, -0.2) is 0 Å². The number of carbonyl (C=O) groups excluding carboxylic acids is 8. The van der Waals surface area contributed by atoms with Crippen molar-refractivity contribution in [3.05, 3.63) is 35.4 Å². The predicted octanol–water partition coefficient (Wildman–Crippen LogP) is -0.00283. The van der Waals surface area contributed by atoms with E-state index in [1.165, 1.54) is 13.8 Å². The van der Waals surface area contributed by atoms with Gasteiger partial charge in [-0.05, 0) is 94.1 Å². The van der Waals surface area contributed by atoms with Crippen LogP contribution in [0.25, 0.3) is 0 Å². The summed E-state index contributed by atoms with van der Waals surface area (Å²) in [6.07, 6.45) is 2.40. The molecule has 17 N–H and O–H groups in total. The standard InChI is InChI=1S/C48H84N14O8/c1-26(2)22-36(57-31(10)63)45(68)61-38(24-28(5)6)46(69)60-37(23-27(3)4)44(67)56-30(9)41(64)58-35(15-13-21-54-48(52)53)43(66)62-39(29(7)8)47(70)59-34(14-11-12-20-49)42(65)55-25-32-16-18-33(19-17-32)40(50)51/h16-19,26-30,34-39H,11-15,20-25,49H2,1-10H3,(H3,50,51)(H,55,65)(H,56,67)(H,57,63)(H,58,64)(H,59,70)(H,60,69)(H,61,68)(H,62,66)(H4,52,53,54)/t30-,34-,35-,36-,37-,38-,39-/m0/s1. The van der Waals surface area contributed by atoms with E-state index in [9.17, 15) is 38.4 Å². The van der Waals surface area contributed by atoms with Crippen LogP contribution in [0.5, 0.6) is 0 Å². The average Bonchev–Trinajstić information content (AvgIpc) is 3.26. The molecule has 0 aliphatic carbocycles. The number of benzene rings is 1. The zero-order valence-corrected chi connectivity index (χ0v) is 43.0. The molecule has 7 atom stereocenters. The van der Waals surface area contributed by atoms with Gasteiger partial charge in [-0.15, -0.1) is 0 Å². The van der Waals surface area contributed by atoms with Gasteiger partial charge in [-0.2, -0.15) is 0 Å². The van der Waals surface area contributed by atoms with Crippen LogP contribution in [0, 0.1) is 29.1 Å². The molecule has 0 aliphatic heterocycles. The zero-order chi connectivity index (χ0) is 53.2. The lowest BCUT2D eigenvalue weighted by Gasteiger charge is -2.29. The molecule has 0 unspecified atom stereocenters. The fourth-order valence-electron chi connectivity index (χ4n) is 7.27. The van der Waals surface area contributed by atoms with Gasteiger partial charge in [0.25, 0.3) is 0 Å². The number of amidine groups is 1. The van der Waals surface area contributed by atoms with Gasteiger partial charge >= 0.3 is 0 Å². The summed E-state index contributed by atoms with van der Waals surface area (Å²) in [5, 5.41) is 29.5. The number of rotatable bonds is 32. The molecule has 1 rings (SSSR count). The quantitative estimate of drug-likeness (QED) is 0.0258. The summed E-state index contributed by atoms with van der Waals surface area (Å²) >= 11 is 0. The van der Waals surface area contributed by atoms with Crippen LogP contribution in [-0.4, -0.2) is 114 Å². The predicted molar refractivity (Wildman–Crippen MR) is 270 cm³/mol. The largest absolute Gasteiger partial charge is 0.384 e. The third-order valence-corrected chi connectivity index (χ3v) is 11.0. The van der Waals surface area contributed by atoms with Crippen molar-refractivity contribution in [1.29, 1.82) is 5.41 Å². The highest BCUT2D eigenvalue weighted by Crippen LogP contribution is 2.13. The Morgan fingerprint density at radius 3 is 1.44 bits per heavy atom. The molecule has 0 bridgehead atoms. The smallest absolute Gasteiger partial charge is 0.243 e. The second kappa shape index (κ2) is 31.7. The number of nitrogens with zero attached hydrogens (tertiary/aromatic N) is 1. The van der Waals surface area contributed by atoms with Crippen LogP contribution in [0.15, 0.2) is 29.3 Å². The maximum Gasteiger partial charge on any atom is 0.243 e. The minimum Gasteiger partial charge on any atom is -0.384 e. The highest BCUT2D eigenvalue weighted by Gasteiger charge is 2.34. The van der Waals surface area contributed by atoms with Crippen molar-refractivity contribution in [1.82, 2.24) is 42.5 Å². The van der Waals surface area contributed by atoms with Crippen molar-refractivity contribution in [2.24, 2.45) is 51.6 Å². The van der Waals surface area contributed by atoms with Crippen molar-refractivity contribution >= 4 is 59.1 Å². The number of unbranched alkanes of at least 4 members (excludes halogenated alkanes) is 1. The van der Waals surface area contributed by atoms with Gasteiger partial charge in [0.05, 0.1) is 0 Å². The summed E-state index contributed by atoms with van der Waals surface area (Å²) in [7, 11) is 0. The van der Waals surface area contributed by atoms with E-state index in [-0.39, 0.29) is 74.7 Å². The van der Waals surface area contributed by atoms with Crippen LogP contribution in [0.4, 0.5) is 0 Å². The van der Waals surface area contributed by atoms with E-state index in [0.29, 0.717) is 31.4 Å². The van der Waals surface area contributed by atoms with E-state index < -0.39 is 95.5 Å². The Balaban J connectivity index is 3.29. The molecular weight excluding hydrogens is 901 g/mol. The highest BCUT2D eigenvalue weighted by molar-refractivity contribution is 5.98. The zero-order valence-electron chi connectivity index (χ0n) is 43.0. The maximum absolute atomic E-state index is 14.1. The third kappa shape index (κ3) is 24.3. The molecular formula is C48H84N14O8.